The van der Waals surface area contributed by atoms with E-state index >= 15 is 0 Å². The Bertz CT molecular complexity index is 172. The molecule has 0 atom stereocenters. The van der Waals surface area contributed by atoms with Gasteiger partial charge in [-0.25, -0.2) is 0 Å². The van der Waals surface area contributed by atoms with Crippen LogP contribution in [0.5, 0.6) is 0 Å². The Hall–Kier alpha value is 1.34. The molecule has 15 heavy (non-hydrogen) atoms. The third kappa shape index (κ3) is 50.7. The van der Waals surface area contributed by atoms with Gasteiger partial charge < -0.3 is 15.9 Å². The second-order valence-electron chi connectivity index (χ2n) is 2.03. The van der Waals surface area contributed by atoms with Crippen LogP contribution in [0.1, 0.15) is 20.8 Å². The summed E-state index contributed by atoms with van der Waals surface area (Å²) in [6.45, 7) is 10.1. The van der Waals surface area contributed by atoms with Crippen molar-refractivity contribution in [2.45, 2.75) is 20.8 Å². The van der Waals surface area contributed by atoms with Crippen LogP contribution in [-0.2, 0) is 9.33 Å². The molecule has 0 saturated carbocycles. The van der Waals surface area contributed by atoms with Crippen LogP contribution in [0.3, 0.4) is 0 Å². The molecule has 92 valence electrons. The van der Waals surface area contributed by atoms with Crippen LogP contribution < -0.4 is 0 Å². The van der Waals surface area contributed by atoms with E-state index in [1.807, 2.05) is 0 Å². The van der Waals surface area contributed by atoms with E-state index in [-0.39, 0.29) is 48.7 Å². The van der Waals surface area contributed by atoms with Gasteiger partial charge in [-0.05, 0) is 19.6 Å². The van der Waals surface area contributed by atoms with Gasteiger partial charge in [0.25, 0.3) is 0 Å². The normalized spacial score (nSPS) is 8.67. The minimum Gasteiger partial charge on any atom is -0.870 e. The third-order valence-electron chi connectivity index (χ3n) is 1.34. The van der Waals surface area contributed by atoms with Gasteiger partial charge in [0.2, 0.25) is 0 Å². The summed E-state index contributed by atoms with van der Waals surface area (Å²) in [5, 5.41) is 0. The predicted molar refractivity (Wildman–Crippen MR) is 60.5 cm³/mol. The van der Waals surface area contributed by atoms with Crippen molar-refractivity contribution in [2.24, 2.45) is 0 Å². The molecular weight excluding hydrogens is 274 g/mol. The van der Waals surface area contributed by atoms with E-state index in [2.05, 4.69) is 36.4 Å². The molecule has 0 aliphatic heterocycles. The number of hydrogen-bond acceptors (Lipinski definition) is 5. The zero-order valence-electron chi connectivity index (χ0n) is 9.22. The molecule has 3 N–H and O–H groups in total. The quantitative estimate of drug-likeness (QED) is 0.463. The molecule has 0 heterocycles. The van der Waals surface area contributed by atoms with Crippen molar-refractivity contribution in [1.82, 2.24) is 4.90 Å². The average molecular weight is 292 g/mol. The SMILES string of the molecule is CCN(CC)CC.O=S(=O)(O)Cl.[Ca+2].[OH-].[OH-]. The summed E-state index contributed by atoms with van der Waals surface area (Å²) >= 11 is 0. The Labute approximate surface area is 126 Å². The fraction of sp³-hybridized carbons (Fsp3) is 1.00. The van der Waals surface area contributed by atoms with Crippen LogP contribution in [0.25, 0.3) is 0 Å². The second-order valence-corrected chi connectivity index (χ2v) is 4.03. The summed E-state index contributed by atoms with van der Waals surface area (Å²) in [7, 11) is -0.137. The molecule has 0 aromatic carbocycles. The van der Waals surface area contributed by atoms with Crippen molar-refractivity contribution < 1.29 is 23.9 Å². The molecule has 0 aliphatic carbocycles. The van der Waals surface area contributed by atoms with E-state index in [4.69, 9.17) is 13.0 Å². The van der Waals surface area contributed by atoms with Gasteiger partial charge in [0.1, 0.15) is 0 Å². The molecule has 0 aliphatic rings. The Kier molecular flexibility index (Phi) is 35.3. The van der Waals surface area contributed by atoms with Gasteiger partial charge >= 0.3 is 47.1 Å². The summed E-state index contributed by atoms with van der Waals surface area (Å²) < 4.78 is 25.2. The maximum absolute atomic E-state index is 8.95. The fourth-order valence-corrected chi connectivity index (χ4v) is 0.671. The van der Waals surface area contributed by atoms with Gasteiger partial charge in [0, 0.05) is 10.7 Å². The van der Waals surface area contributed by atoms with Gasteiger partial charge in [0.15, 0.2) is 0 Å². The summed E-state index contributed by atoms with van der Waals surface area (Å²) in [5.41, 5.74) is 0. The minimum atomic E-state index is -4.19. The molecular formula is C6H18CaClNO5S. The first-order valence-corrected chi connectivity index (χ1v) is 6.01. The van der Waals surface area contributed by atoms with E-state index in [9.17, 15) is 0 Å². The van der Waals surface area contributed by atoms with Gasteiger partial charge in [-0.1, -0.05) is 20.8 Å². The molecule has 0 aromatic rings. The first-order chi connectivity index (χ1) is 5.35. The fourth-order valence-electron chi connectivity index (χ4n) is 0.671. The van der Waals surface area contributed by atoms with Crippen LogP contribution in [0.15, 0.2) is 0 Å². The third-order valence-corrected chi connectivity index (χ3v) is 1.34. The predicted octanol–water partition coefficient (Wildman–Crippen LogP) is 0.642. The molecule has 6 nitrogen and oxygen atoms in total. The maximum atomic E-state index is 8.95. The average Bonchev–Trinajstić information content (AvgIpc) is 1.88. The summed E-state index contributed by atoms with van der Waals surface area (Å²) in [6, 6.07) is 0. The first-order valence-electron chi connectivity index (χ1n) is 3.74. The number of nitrogens with zero attached hydrogens (tertiary/aromatic N) is 1. The van der Waals surface area contributed by atoms with Crippen LogP contribution in [0.2, 0.25) is 0 Å². The van der Waals surface area contributed by atoms with Crippen molar-refractivity contribution in [2.75, 3.05) is 19.6 Å². The minimum absolute atomic E-state index is 0. The van der Waals surface area contributed by atoms with Gasteiger partial charge in [-0.15, -0.1) is 0 Å². The van der Waals surface area contributed by atoms with Crippen LogP contribution in [0, 0.1) is 0 Å². The largest absolute Gasteiger partial charge is 2.00 e. The van der Waals surface area contributed by atoms with Crippen LogP contribution >= 0.6 is 10.7 Å². The molecule has 0 saturated heterocycles. The van der Waals surface area contributed by atoms with Crippen molar-refractivity contribution in [3.63, 3.8) is 0 Å². The van der Waals surface area contributed by atoms with Crippen molar-refractivity contribution in [1.29, 1.82) is 0 Å². The smallest absolute Gasteiger partial charge is 0.870 e. The van der Waals surface area contributed by atoms with E-state index in [0.717, 1.165) is 0 Å². The molecule has 0 bridgehead atoms. The summed E-state index contributed by atoms with van der Waals surface area (Å²) in [5.74, 6) is 0. The standard InChI is InChI=1S/C6H15N.Ca.ClHO3S.2H2O/c1-4-7(5-2)6-3;;1-5(2,3)4;;/h4-6H2,1-3H3;;(H,2,3,4);2*1H2/q;+2;;;/p-2. The molecule has 0 aromatic heterocycles. The van der Waals surface area contributed by atoms with Gasteiger partial charge in [-0.3, -0.25) is 4.55 Å². The van der Waals surface area contributed by atoms with Crippen molar-refractivity contribution in [3.8, 4) is 0 Å². The number of rotatable bonds is 3. The first kappa shape index (κ1) is 29.9. The van der Waals surface area contributed by atoms with E-state index < -0.39 is 9.33 Å². The molecule has 0 unspecified atom stereocenters. The summed E-state index contributed by atoms with van der Waals surface area (Å²) in [4.78, 5) is 2.38. The Morgan fingerprint density at radius 3 is 1.20 bits per heavy atom. The van der Waals surface area contributed by atoms with Crippen LogP contribution in [0.4, 0.5) is 0 Å². The zero-order valence-corrected chi connectivity index (χ0v) is 13.0. The van der Waals surface area contributed by atoms with E-state index in [0.29, 0.717) is 0 Å². The zero-order chi connectivity index (χ0) is 10.2. The maximum Gasteiger partial charge on any atom is 2.00 e. The topological polar surface area (TPSA) is 118 Å². The van der Waals surface area contributed by atoms with Gasteiger partial charge in [-0.2, -0.15) is 8.42 Å². The monoisotopic (exact) mass is 291 g/mol. The van der Waals surface area contributed by atoms with E-state index in [1.165, 1.54) is 19.6 Å². The van der Waals surface area contributed by atoms with Crippen molar-refractivity contribution >= 4 is 57.8 Å². The van der Waals surface area contributed by atoms with Crippen LogP contribution in [-0.4, -0.2) is 86.2 Å². The Morgan fingerprint density at radius 2 is 1.20 bits per heavy atom. The van der Waals surface area contributed by atoms with E-state index in [1.54, 1.807) is 0 Å². The molecule has 0 spiro atoms. The number of hydrogen-bond donors (Lipinski definition) is 1. The molecule has 0 radical (unpaired) electrons. The Balaban J connectivity index is -0.0000000383. The second kappa shape index (κ2) is 17.7. The Morgan fingerprint density at radius 1 is 1.07 bits per heavy atom. The molecule has 0 fully saturated rings. The molecule has 0 amide bonds. The molecule has 0 rings (SSSR count). The number of halogens is 1. The summed E-state index contributed by atoms with van der Waals surface area (Å²) in [6.07, 6.45) is 0. The molecule has 9 heteroatoms. The van der Waals surface area contributed by atoms with Crippen molar-refractivity contribution in [3.05, 3.63) is 0 Å². The van der Waals surface area contributed by atoms with Gasteiger partial charge in [0.05, 0.1) is 0 Å².